The molecule has 22 heavy (non-hydrogen) atoms. The Labute approximate surface area is 135 Å². The van der Waals surface area contributed by atoms with Crippen molar-refractivity contribution in [3.05, 3.63) is 46.7 Å². The molecule has 1 aromatic carbocycles. The van der Waals surface area contributed by atoms with Gasteiger partial charge in [0.2, 0.25) is 0 Å². The van der Waals surface area contributed by atoms with Crippen LogP contribution in [-0.4, -0.2) is 25.0 Å². The molecule has 0 bridgehead atoms. The van der Waals surface area contributed by atoms with Crippen molar-refractivity contribution in [3.63, 3.8) is 0 Å². The van der Waals surface area contributed by atoms with Gasteiger partial charge in [-0.25, -0.2) is 0 Å². The van der Waals surface area contributed by atoms with E-state index in [-0.39, 0.29) is 5.91 Å². The second-order valence-corrected chi connectivity index (χ2v) is 6.56. The number of nitrogens with one attached hydrogen (secondary N) is 2. The molecule has 3 nitrogen and oxygen atoms in total. The summed E-state index contributed by atoms with van der Waals surface area (Å²) in [4.78, 5) is 12.2. The second kappa shape index (κ2) is 7.56. The number of hydrogen-bond acceptors (Lipinski definition) is 3. The molecule has 116 valence electrons. The summed E-state index contributed by atoms with van der Waals surface area (Å²) in [5.74, 6) is 0.0210. The van der Waals surface area contributed by atoms with E-state index in [0.29, 0.717) is 6.04 Å². The van der Waals surface area contributed by atoms with Gasteiger partial charge in [-0.1, -0.05) is 18.6 Å². The van der Waals surface area contributed by atoms with Gasteiger partial charge in [0.25, 0.3) is 5.91 Å². The van der Waals surface area contributed by atoms with Gasteiger partial charge in [-0.05, 0) is 65.9 Å². The van der Waals surface area contributed by atoms with Crippen LogP contribution < -0.4 is 10.6 Å². The fourth-order valence-corrected chi connectivity index (χ4v) is 3.54. The first kappa shape index (κ1) is 15.3. The van der Waals surface area contributed by atoms with Crippen LogP contribution in [0.5, 0.6) is 0 Å². The summed E-state index contributed by atoms with van der Waals surface area (Å²) < 4.78 is 0. The maximum atomic E-state index is 12.2. The third-order valence-electron chi connectivity index (χ3n) is 4.19. The van der Waals surface area contributed by atoms with E-state index in [1.54, 1.807) is 11.3 Å². The zero-order chi connectivity index (χ0) is 15.2. The van der Waals surface area contributed by atoms with Gasteiger partial charge in [0, 0.05) is 18.2 Å². The molecule has 1 aliphatic rings. The van der Waals surface area contributed by atoms with E-state index >= 15 is 0 Å². The monoisotopic (exact) mass is 314 g/mol. The SMILES string of the molecule is O=C(NCCC1CCCCN1)c1ccc(-c2ccsc2)cc1. The summed E-state index contributed by atoms with van der Waals surface area (Å²) in [6.07, 6.45) is 4.82. The number of thiophene rings is 1. The highest BCUT2D eigenvalue weighted by atomic mass is 32.1. The van der Waals surface area contributed by atoms with E-state index in [4.69, 9.17) is 0 Å². The largest absolute Gasteiger partial charge is 0.352 e. The highest BCUT2D eigenvalue weighted by Crippen LogP contribution is 2.22. The molecule has 1 fully saturated rings. The summed E-state index contributed by atoms with van der Waals surface area (Å²) in [6.45, 7) is 1.85. The summed E-state index contributed by atoms with van der Waals surface area (Å²) >= 11 is 1.68. The molecule has 0 spiro atoms. The molecule has 0 saturated carbocycles. The topological polar surface area (TPSA) is 41.1 Å². The Balaban J connectivity index is 1.49. The zero-order valence-corrected chi connectivity index (χ0v) is 13.5. The zero-order valence-electron chi connectivity index (χ0n) is 12.7. The van der Waals surface area contributed by atoms with Gasteiger partial charge in [0.1, 0.15) is 0 Å². The Morgan fingerprint density at radius 1 is 1.18 bits per heavy atom. The lowest BCUT2D eigenvalue weighted by atomic mass is 10.0. The summed E-state index contributed by atoms with van der Waals surface area (Å²) in [5.41, 5.74) is 3.10. The van der Waals surface area contributed by atoms with E-state index in [1.165, 1.54) is 24.8 Å². The van der Waals surface area contributed by atoms with Gasteiger partial charge in [0.05, 0.1) is 0 Å². The van der Waals surface area contributed by atoms with E-state index in [1.807, 2.05) is 24.3 Å². The number of hydrogen-bond donors (Lipinski definition) is 2. The van der Waals surface area contributed by atoms with Crippen molar-refractivity contribution in [2.24, 2.45) is 0 Å². The first-order valence-corrected chi connectivity index (χ1v) is 8.91. The van der Waals surface area contributed by atoms with Gasteiger partial charge in [-0.3, -0.25) is 4.79 Å². The lowest BCUT2D eigenvalue weighted by Crippen LogP contribution is -2.37. The molecule has 1 aromatic heterocycles. The predicted molar refractivity (Wildman–Crippen MR) is 92.3 cm³/mol. The highest BCUT2D eigenvalue weighted by molar-refractivity contribution is 7.08. The summed E-state index contributed by atoms with van der Waals surface area (Å²) in [6, 6.07) is 10.5. The molecule has 1 unspecified atom stereocenters. The van der Waals surface area contributed by atoms with Crippen LogP contribution in [0, 0.1) is 0 Å². The van der Waals surface area contributed by atoms with Crippen LogP contribution in [0.1, 0.15) is 36.0 Å². The molecule has 2 N–H and O–H groups in total. The maximum Gasteiger partial charge on any atom is 0.251 e. The average molecular weight is 314 g/mol. The summed E-state index contributed by atoms with van der Waals surface area (Å²) in [5, 5.41) is 10.7. The number of rotatable bonds is 5. The van der Waals surface area contributed by atoms with Gasteiger partial charge < -0.3 is 10.6 Å². The molecule has 1 aliphatic heterocycles. The number of amides is 1. The van der Waals surface area contributed by atoms with Crippen molar-refractivity contribution in [1.29, 1.82) is 0 Å². The summed E-state index contributed by atoms with van der Waals surface area (Å²) in [7, 11) is 0. The number of piperidine rings is 1. The van der Waals surface area contributed by atoms with Crippen LogP contribution in [-0.2, 0) is 0 Å². The fraction of sp³-hybridized carbons (Fsp3) is 0.389. The minimum Gasteiger partial charge on any atom is -0.352 e. The van der Waals surface area contributed by atoms with Crippen LogP contribution in [0.25, 0.3) is 11.1 Å². The van der Waals surface area contributed by atoms with E-state index in [0.717, 1.165) is 30.6 Å². The molecule has 2 aromatic rings. The third-order valence-corrected chi connectivity index (χ3v) is 4.88. The van der Waals surface area contributed by atoms with Crippen LogP contribution in [0.4, 0.5) is 0 Å². The van der Waals surface area contributed by atoms with Crippen molar-refractivity contribution < 1.29 is 4.79 Å². The molecular weight excluding hydrogens is 292 g/mol. The molecule has 1 saturated heterocycles. The molecule has 2 heterocycles. The Morgan fingerprint density at radius 2 is 2.05 bits per heavy atom. The number of carbonyl (C=O) groups excluding carboxylic acids is 1. The lowest BCUT2D eigenvalue weighted by molar-refractivity contribution is 0.0951. The standard InChI is InChI=1S/C18H22N2OS/c21-18(20-11-8-17-3-1-2-10-19-17)15-6-4-14(5-7-15)16-9-12-22-13-16/h4-7,9,12-13,17,19H,1-3,8,10-11H2,(H,20,21). The Bertz CT molecular complexity index is 586. The van der Waals surface area contributed by atoms with E-state index < -0.39 is 0 Å². The molecule has 3 rings (SSSR count). The molecule has 1 amide bonds. The fourth-order valence-electron chi connectivity index (χ4n) is 2.88. The predicted octanol–water partition coefficient (Wildman–Crippen LogP) is 3.68. The number of benzene rings is 1. The third kappa shape index (κ3) is 3.96. The molecule has 0 aliphatic carbocycles. The average Bonchev–Trinajstić information content (AvgIpc) is 3.10. The maximum absolute atomic E-state index is 12.2. The van der Waals surface area contributed by atoms with Crippen molar-refractivity contribution in [2.75, 3.05) is 13.1 Å². The lowest BCUT2D eigenvalue weighted by Gasteiger charge is -2.23. The first-order chi connectivity index (χ1) is 10.8. The number of carbonyl (C=O) groups is 1. The highest BCUT2D eigenvalue weighted by Gasteiger charge is 2.12. The molecule has 1 atom stereocenters. The minimum atomic E-state index is 0.0210. The van der Waals surface area contributed by atoms with Crippen LogP contribution in [0.3, 0.4) is 0 Å². The normalized spacial score (nSPS) is 18.1. The van der Waals surface area contributed by atoms with E-state index in [2.05, 4.69) is 27.5 Å². The van der Waals surface area contributed by atoms with Crippen LogP contribution in [0.15, 0.2) is 41.1 Å². The van der Waals surface area contributed by atoms with Gasteiger partial charge in [-0.2, -0.15) is 11.3 Å². The second-order valence-electron chi connectivity index (χ2n) is 5.78. The van der Waals surface area contributed by atoms with Crippen molar-refractivity contribution in [2.45, 2.75) is 31.7 Å². The Hall–Kier alpha value is -1.65. The van der Waals surface area contributed by atoms with Gasteiger partial charge in [-0.15, -0.1) is 0 Å². The molecule has 4 heteroatoms. The van der Waals surface area contributed by atoms with Crippen LogP contribution >= 0.6 is 11.3 Å². The Kier molecular flexibility index (Phi) is 5.24. The van der Waals surface area contributed by atoms with Crippen molar-refractivity contribution in [3.8, 4) is 11.1 Å². The first-order valence-electron chi connectivity index (χ1n) is 7.97. The molecule has 0 radical (unpaired) electrons. The van der Waals surface area contributed by atoms with Crippen molar-refractivity contribution in [1.82, 2.24) is 10.6 Å². The van der Waals surface area contributed by atoms with E-state index in [9.17, 15) is 4.79 Å². The van der Waals surface area contributed by atoms with Crippen molar-refractivity contribution >= 4 is 17.2 Å². The molecular formula is C18H22N2OS. The minimum absolute atomic E-state index is 0.0210. The van der Waals surface area contributed by atoms with Gasteiger partial charge in [0.15, 0.2) is 0 Å². The van der Waals surface area contributed by atoms with Crippen LogP contribution in [0.2, 0.25) is 0 Å². The Morgan fingerprint density at radius 3 is 2.73 bits per heavy atom. The smallest absolute Gasteiger partial charge is 0.251 e. The quantitative estimate of drug-likeness (QED) is 0.884. The van der Waals surface area contributed by atoms with Gasteiger partial charge >= 0.3 is 0 Å².